The van der Waals surface area contributed by atoms with Crippen molar-refractivity contribution < 1.29 is 8.78 Å². The summed E-state index contributed by atoms with van der Waals surface area (Å²) >= 11 is 1.20. The van der Waals surface area contributed by atoms with E-state index >= 15 is 0 Å². The van der Waals surface area contributed by atoms with Gasteiger partial charge in [-0.1, -0.05) is 36.9 Å². The molecule has 0 fully saturated rings. The molecule has 0 saturated carbocycles. The van der Waals surface area contributed by atoms with E-state index in [0.717, 1.165) is 29.0 Å². The van der Waals surface area contributed by atoms with Crippen molar-refractivity contribution in [2.24, 2.45) is 5.73 Å². The van der Waals surface area contributed by atoms with Crippen molar-refractivity contribution in [1.29, 1.82) is 0 Å². The summed E-state index contributed by atoms with van der Waals surface area (Å²) < 4.78 is 26.8. The van der Waals surface area contributed by atoms with E-state index in [9.17, 15) is 8.78 Å². The van der Waals surface area contributed by atoms with Crippen molar-refractivity contribution in [1.82, 2.24) is 0 Å². The molecular formula is C15H15F2NS. The van der Waals surface area contributed by atoms with Gasteiger partial charge in [0.1, 0.15) is 11.6 Å². The molecule has 4 heteroatoms. The number of benzene rings is 2. The summed E-state index contributed by atoms with van der Waals surface area (Å²) in [6, 6.07) is 10.9. The molecule has 0 aliphatic heterocycles. The lowest BCUT2D eigenvalue weighted by Crippen LogP contribution is -2.09. The van der Waals surface area contributed by atoms with Crippen LogP contribution in [0.15, 0.2) is 52.3 Å². The van der Waals surface area contributed by atoms with Crippen LogP contribution in [0.4, 0.5) is 8.78 Å². The Labute approximate surface area is 115 Å². The first-order valence-electron chi connectivity index (χ1n) is 6.09. The average Bonchev–Trinajstić information content (AvgIpc) is 2.42. The van der Waals surface area contributed by atoms with Gasteiger partial charge in [-0.05, 0) is 36.2 Å². The molecule has 1 nitrogen and oxygen atoms in total. The molecule has 0 radical (unpaired) electrons. The number of rotatable bonds is 4. The van der Waals surface area contributed by atoms with Gasteiger partial charge in [-0.15, -0.1) is 0 Å². The molecule has 0 spiro atoms. The largest absolute Gasteiger partial charge is 0.324 e. The molecule has 1 unspecified atom stereocenters. The summed E-state index contributed by atoms with van der Waals surface area (Å²) in [6.45, 7) is 1.99. The van der Waals surface area contributed by atoms with Crippen molar-refractivity contribution in [2.45, 2.75) is 29.2 Å². The van der Waals surface area contributed by atoms with Crippen LogP contribution in [0.3, 0.4) is 0 Å². The van der Waals surface area contributed by atoms with Crippen molar-refractivity contribution in [3.8, 4) is 0 Å². The summed E-state index contributed by atoms with van der Waals surface area (Å²) in [5, 5.41) is 0. The summed E-state index contributed by atoms with van der Waals surface area (Å²) in [6.07, 6.45) is 0.795. The number of halogens is 2. The Morgan fingerprint density at radius 1 is 1.11 bits per heavy atom. The highest BCUT2D eigenvalue weighted by Crippen LogP contribution is 2.35. The van der Waals surface area contributed by atoms with Crippen LogP contribution in [0.25, 0.3) is 0 Å². The predicted octanol–water partition coefficient (Wildman–Crippen LogP) is 4.53. The minimum atomic E-state index is -0.443. The van der Waals surface area contributed by atoms with E-state index < -0.39 is 11.6 Å². The minimum Gasteiger partial charge on any atom is -0.324 e. The van der Waals surface area contributed by atoms with Crippen LogP contribution in [-0.2, 0) is 0 Å². The Morgan fingerprint density at radius 2 is 1.84 bits per heavy atom. The van der Waals surface area contributed by atoms with E-state index in [4.69, 9.17) is 5.73 Å². The monoisotopic (exact) mass is 279 g/mol. The van der Waals surface area contributed by atoms with Gasteiger partial charge in [0.05, 0.1) is 4.90 Å². The highest BCUT2D eigenvalue weighted by Gasteiger charge is 2.12. The molecule has 1 atom stereocenters. The van der Waals surface area contributed by atoms with Crippen LogP contribution in [0.1, 0.15) is 24.9 Å². The smallest absolute Gasteiger partial charge is 0.137 e. The second-order valence-electron chi connectivity index (χ2n) is 4.23. The van der Waals surface area contributed by atoms with Gasteiger partial charge in [0.15, 0.2) is 0 Å². The number of hydrogen-bond acceptors (Lipinski definition) is 2. The summed E-state index contributed by atoms with van der Waals surface area (Å²) in [7, 11) is 0. The van der Waals surface area contributed by atoms with Crippen LogP contribution in [0, 0.1) is 11.6 Å². The molecule has 2 rings (SSSR count). The third-order valence-electron chi connectivity index (χ3n) is 2.87. The molecule has 2 N–H and O–H groups in total. The average molecular weight is 279 g/mol. The van der Waals surface area contributed by atoms with E-state index in [-0.39, 0.29) is 10.9 Å². The maximum absolute atomic E-state index is 13.7. The Bertz CT molecular complexity index is 572. The lowest BCUT2D eigenvalue weighted by molar-refractivity contribution is 0.577. The quantitative estimate of drug-likeness (QED) is 0.890. The first-order valence-corrected chi connectivity index (χ1v) is 6.91. The van der Waals surface area contributed by atoms with E-state index in [1.807, 2.05) is 31.2 Å². The lowest BCUT2D eigenvalue weighted by Gasteiger charge is -2.14. The molecule has 2 aromatic rings. The normalized spacial score (nSPS) is 12.4. The third-order valence-corrected chi connectivity index (χ3v) is 4.00. The Morgan fingerprint density at radius 3 is 2.58 bits per heavy atom. The molecule has 0 aliphatic rings. The van der Waals surface area contributed by atoms with Crippen LogP contribution in [0.2, 0.25) is 0 Å². The molecule has 2 aromatic carbocycles. The molecular weight excluding hydrogens is 264 g/mol. The number of nitrogens with two attached hydrogens (primary N) is 1. The maximum Gasteiger partial charge on any atom is 0.137 e. The van der Waals surface area contributed by atoms with E-state index in [2.05, 4.69) is 0 Å². The fourth-order valence-corrected chi connectivity index (χ4v) is 2.83. The fourth-order valence-electron chi connectivity index (χ4n) is 1.77. The first kappa shape index (κ1) is 14.0. The van der Waals surface area contributed by atoms with Crippen molar-refractivity contribution >= 4 is 11.8 Å². The van der Waals surface area contributed by atoms with Gasteiger partial charge in [0.2, 0.25) is 0 Å². The van der Waals surface area contributed by atoms with Crippen LogP contribution in [0.5, 0.6) is 0 Å². The van der Waals surface area contributed by atoms with E-state index in [1.54, 1.807) is 0 Å². The zero-order valence-electron chi connectivity index (χ0n) is 10.6. The Kier molecular flexibility index (Phi) is 4.56. The van der Waals surface area contributed by atoms with E-state index in [0.29, 0.717) is 0 Å². The molecule has 0 heterocycles. The zero-order chi connectivity index (χ0) is 13.8. The van der Waals surface area contributed by atoms with Gasteiger partial charge in [0, 0.05) is 10.9 Å². The SMILES string of the molecule is CCC(N)c1ccccc1Sc1cc(F)ccc1F. The van der Waals surface area contributed by atoms with Crippen LogP contribution < -0.4 is 5.73 Å². The van der Waals surface area contributed by atoms with Gasteiger partial charge in [-0.25, -0.2) is 8.78 Å². The van der Waals surface area contributed by atoms with Gasteiger partial charge >= 0.3 is 0 Å². The number of hydrogen-bond donors (Lipinski definition) is 1. The van der Waals surface area contributed by atoms with Gasteiger partial charge in [-0.2, -0.15) is 0 Å². The molecule has 0 saturated heterocycles. The van der Waals surface area contributed by atoms with Gasteiger partial charge < -0.3 is 5.73 Å². The Balaban J connectivity index is 2.35. The van der Waals surface area contributed by atoms with Crippen molar-refractivity contribution in [3.05, 3.63) is 59.7 Å². The van der Waals surface area contributed by atoms with Crippen molar-refractivity contribution in [3.63, 3.8) is 0 Å². The first-order chi connectivity index (χ1) is 9.11. The molecule has 100 valence electrons. The Hall–Kier alpha value is -1.39. The molecule has 0 aliphatic carbocycles. The molecule has 19 heavy (non-hydrogen) atoms. The molecule has 0 aromatic heterocycles. The maximum atomic E-state index is 13.7. The second-order valence-corrected chi connectivity index (χ2v) is 5.31. The standard InChI is InChI=1S/C15H15F2NS/c1-2-13(18)11-5-3-4-6-14(11)19-15-9-10(16)7-8-12(15)17/h3-9,13H,2,18H2,1H3. The minimum absolute atomic E-state index is 0.0969. The molecule has 0 amide bonds. The summed E-state index contributed by atoms with van der Waals surface area (Å²) in [5.74, 6) is -0.868. The second kappa shape index (κ2) is 6.17. The van der Waals surface area contributed by atoms with Crippen molar-refractivity contribution in [2.75, 3.05) is 0 Å². The zero-order valence-corrected chi connectivity index (χ0v) is 11.4. The van der Waals surface area contributed by atoms with E-state index in [1.165, 1.54) is 17.8 Å². The third kappa shape index (κ3) is 3.33. The summed E-state index contributed by atoms with van der Waals surface area (Å²) in [5.41, 5.74) is 6.99. The predicted molar refractivity (Wildman–Crippen MR) is 74.1 cm³/mol. The highest BCUT2D eigenvalue weighted by atomic mass is 32.2. The topological polar surface area (TPSA) is 26.0 Å². The van der Waals surface area contributed by atoms with Crippen LogP contribution >= 0.6 is 11.8 Å². The fraction of sp³-hybridized carbons (Fsp3) is 0.200. The summed E-state index contributed by atoms with van der Waals surface area (Å²) in [4.78, 5) is 1.14. The molecule has 0 bridgehead atoms. The van der Waals surface area contributed by atoms with Gasteiger partial charge in [0.25, 0.3) is 0 Å². The van der Waals surface area contributed by atoms with Gasteiger partial charge in [-0.3, -0.25) is 0 Å². The van der Waals surface area contributed by atoms with Crippen LogP contribution in [-0.4, -0.2) is 0 Å². The highest BCUT2D eigenvalue weighted by molar-refractivity contribution is 7.99. The lowest BCUT2D eigenvalue weighted by atomic mass is 10.1.